The fourth-order valence-electron chi connectivity index (χ4n) is 4.49. The molecule has 0 bridgehead atoms. The smallest absolute Gasteiger partial charge is 0.457 e. The van der Waals surface area contributed by atoms with Crippen molar-refractivity contribution in [2.24, 2.45) is 5.92 Å². The van der Waals surface area contributed by atoms with Crippen LogP contribution in [0.15, 0.2) is 0 Å². The summed E-state index contributed by atoms with van der Waals surface area (Å²) < 4.78 is 22.9. The van der Waals surface area contributed by atoms with Crippen LogP contribution in [0.5, 0.6) is 0 Å². The Hall–Kier alpha value is -1.32. The number of nitrogens with zero attached hydrogens (tertiary/aromatic N) is 2. The van der Waals surface area contributed by atoms with E-state index in [9.17, 15) is 9.59 Å². The summed E-state index contributed by atoms with van der Waals surface area (Å²) in [6.45, 7) is 14.1. The van der Waals surface area contributed by atoms with Gasteiger partial charge in [0.05, 0.1) is 18.3 Å². The predicted molar refractivity (Wildman–Crippen MR) is 124 cm³/mol. The van der Waals surface area contributed by atoms with Gasteiger partial charge in [-0.1, -0.05) is 12.8 Å². The van der Waals surface area contributed by atoms with Gasteiger partial charge in [-0.25, -0.2) is 9.59 Å². The van der Waals surface area contributed by atoms with Crippen molar-refractivity contribution in [1.29, 1.82) is 0 Å². The van der Waals surface area contributed by atoms with Crippen LogP contribution in [0.25, 0.3) is 0 Å². The summed E-state index contributed by atoms with van der Waals surface area (Å²) in [7, 11) is 5.11. The van der Waals surface area contributed by atoms with Crippen molar-refractivity contribution in [2.75, 3.05) is 27.7 Å². The van der Waals surface area contributed by atoms with Gasteiger partial charge < -0.3 is 23.7 Å². The third kappa shape index (κ3) is 6.17. The standard InChI is InChI=1S/C23H43BN2O6/c1-21(2,3)30-20(28)26-15-17(25(8)9)16(18(26)19(27)29-10)13-11-12-14-24-31-22(4,5)23(6,7)32-24/h16-18H,11-15H2,1-10H3/t16-,17+,18+/m1/s1. The number of ether oxygens (including phenoxy) is 2. The van der Waals surface area contributed by atoms with Crippen molar-refractivity contribution in [3.05, 3.63) is 0 Å². The Kier molecular flexibility index (Phi) is 8.33. The zero-order chi connectivity index (χ0) is 24.5. The molecular weight excluding hydrogens is 411 g/mol. The number of rotatable bonds is 7. The highest BCUT2D eigenvalue weighted by Crippen LogP contribution is 2.39. The molecule has 0 radical (unpaired) electrons. The van der Waals surface area contributed by atoms with Crippen molar-refractivity contribution in [3.63, 3.8) is 0 Å². The third-order valence-electron chi connectivity index (χ3n) is 6.88. The van der Waals surface area contributed by atoms with E-state index in [4.69, 9.17) is 18.8 Å². The molecule has 1 amide bonds. The van der Waals surface area contributed by atoms with Gasteiger partial charge in [0, 0.05) is 18.5 Å². The SMILES string of the molecule is COC(=O)[C@@H]1[C@H](CCCCB2OC(C)(C)C(C)(C)O2)[C@@H](N(C)C)CN1C(=O)OC(C)(C)C. The minimum Gasteiger partial charge on any atom is -0.467 e. The van der Waals surface area contributed by atoms with Crippen molar-refractivity contribution in [2.45, 2.75) is 103 Å². The molecule has 8 nitrogen and oxygen atoms in total. The molecule has 2 heterocycles. The summed E-state index contributed by atoms with van der Waals surface area (Å²) in [4.78, 5) is 29.2. The molecule has 32 heavy (non-hydrogen) atoms. The average Bonchev–Trinajstić information content (AvgIpc) is 3.11. The Morgan fingerprint density at radius 2 is 1.66 bits per heavy atom. The lowest BCUT2D eigenvalue weighted by atomic mass is 9.80. The molecule has 0 unspecified atom stereocenters. The number of carbonyl (C=O) groups excluding carboxylic acids is 2. The van der Waals surface area contributed by atoms with E-state index in [0.717, 1.165) is 25.6 Å². The summed E-state index contributed by atoms with van der Waals surface area (Å²) >= 11 is 0. The number of esters is 1. The number of carbonyl (C=O) groups is 2. The van der Waals surface area contributed by atoms with Gasteiger partial charge in [-0.05, 0) is 75.3 Å². The van der Waals surface area contributed by atoms with E-state index >= 15 is 0 Å². The summed E-state index contributed by atoms with van der Waals surface area (Å²) in [5.74, 6) is -0.431. The van der Waals surface area contributed by atoms with Gasteiger partial charge in [-0.15, -0.1) is 0 Å². The second-order valence-corrected chi connectivity index (χ2v) is 11.3. The largest absolute Gasteiger partial charge is 0.467 e. The highest BCUT2D eigenvalue weighted by Gasteiger charge is 2.51. The molecule has 2 aliphatic rings. The lowest BCUT2D eigenvalue weighted by Gasteiger charge is -2.32. The van der Waals surface area contributed by atoms with E-state index in [1.165, 1.54) is 7.11 Å². The van der Waals surface area contributed by atoms with Crippen LogP contribution in [0, 0.1) is 5.92 Å². The molecule has 0 aromatic rings. The summed E-state index contributed by atoms with van der Waals surface area (Å²) in [5.41, 5.74) is -1.29. The summed E-state index contributed by atoms with van der Waals surface area (Å²) in [6.07, 6.45) is 2.92. The highest BCUT2D eigenvalue weighted by molar-refractivity contribution is 6.45. The lowest BCUT2D eigenvalue weighted by molar-refractivity contribution is -0.147. The van der Waals surface area contributed by atoms with Crippen molar-refractivity contribution in [1.82, 2.24) is 9.80 Å². The molecule has 184 valence electrons. The first kappa shape index (κ1) is 26.9. The number of unbranched alkanes of at least 4 members (excludes halogenated alkanes) is 1. The molecule has 0 N–H and O–H groups in total. The molecule has 3 atom stereocenters. The second-order valence-electron chi connectivity index (χ2n) is 11.3. The predicted octanol–water partition coefficient (Wildman–Crippen LogP) is 3.59. The first-order chi connectivity index (χ1) is 14.6. The van der Waals surface area contributed by atoms with Gasteiger partial charge in [0.2, 0.25) is 0 Å². The third-order valence-corrected chi connectivity index (χ3v) is 6.88. The Labute approximate surface area is 194 Å². The Balaban J connectivity index is 2.04. The van der Waals surface area contributed by atoms with E-state index in [2.05, 4.69) is 32.6 Å². The van der Waals surface area contributed by atoms with E-state index < -0.39 is 23.7 Å². The minimum absolute atomic E-state index is 0.0386. The molecule has 2 rings (SSSR count). The zero-order valence-corrected chi connectivity index (χ0v) is 21.7. The van der Waals surface area contributed by atoms with Gasteiger partial charge >= 0.3 is 19.2 Å². The Morgan fingerprint density at radius 3 is 2.12 bits per heavy atom. The van der Waals surface area contributed by atoms with Crippen molar-refractivity contribution in [3.8, 4) is 0 Å². The van der Waals surface area contributed by atoms with Crippen LogP contribution in [0.1, 0.15) is 67.7 Å². The van der Waals surface area contributed by atoms with Crippen LogP contribution in [0.2, 0.25) is 6.32 Å². The van der Waals surface area contributed by atoms with E-state index in [-0.39, 0.29) is 30.3 Å². The van der Waals surface area contributed by atoms with Crippen LogP contribution in [0.4, 0.5) is 4.79 Å². The van der Waals surface area contributed by atoms with Crippen LogP contribution >= 0.6 is 0 Å². The monoisotopic (exact) mass is 454 g/mol. The fraction of sp³-hybridized carbons (Fsp3) is 0.913. The molecule has 0 aromatic heterocycles. The maximum atomic E-state index is 12.9. The van der Waals surface area contributed by atoms with Gasteiger partial charge in [0.1, 0.15) is 11.6 Å². The number of likely N-dealkylation sites (tertiary alicyclic amines) is 1. The first-order valence-electron chi connectivity index (χ1n) is 11.7. The topological polar surface area (TPSA) is 77.5 Å². The van der Waals surface area contributed by atoms with Gasteiger partial charge in [0.15, 0.2) is 0 Å². The Bertz CT molecular complexity index is 660. The van der Waals surface area contributed by atoms with Gasteiger partial charge in [-0.3, -0.25) is 4.90 Å². The second kappa shape index (κ2) is 9.89. The van der Waals surface area contributed by atoms with E-state index in [1.54, 1.807) is 4.90 Å². The number of hydrogen-bond acceptors (Lipinski definition) is 7. The number of hydrogen-bond donors (Lipinski definition) is 0. The molecular formula is C23H43BN2O6. The molecule has 2 aliphatic heterocycles. The maximum Gasteiger partial charge on any atom is 0.457 e. The van der Waals surface area contributed by atoms with Crippen LogP contribution < -0.4 is 0 Å². The lowest BCUT2D eigenvalue weighted by Crippen LogP contribution is -2.46. The van der Waals surface area contributed by atoms with Crippen LogP contribution in [0.3, 0.4) is 0 Å². The fourth-order valence-corrected chi connectivity index (χ4v) is 4.49. The normalized spacial score (nSPS) is 27.2. The van der Waals surface area contributed by atoms with Gasteiger partial charge in [-0.2, -0.15) is 0 Å². The summed E-state index contributed by atoms with van der Waals surface area (Å²) in [5, 5.41) is 0. The number of methoxy groups -OCH3 is 1. The first-order valence-corrected chi connectivity index (χ1v) is 11.7. The molecule has 2 saturated heterocycles. The Morgan fingerprint density at radius 1 is 1.09 bits per heavy atom. The molecule has 0 aromatic carbocycles. The average molecular weight is 454 g/mol. The van der Waals surface area contributed by atoms with E-state index in [0.29, 0.717) is 6.54 Å². The minimum atomic E-state index is -0.654. The highest BCUT2D eigenvalue weighted by atomic mass is 16.7. The molecule has 9 heteroatoms. The van der Waals surface area contributed by atoms with Crippen LogP contribution in [-0.2, 0) is 23.6 Å². The van der Waals surface area contributed by atoms with Gasteiger partial charge in [0.25, 0.3) is 0 Å². The van der Waals surface area contributed by atoms with E-state index in [1.807, 2.05) is 34.9 Å². The molecule has 2 fully saturated rings. The van der Waals surface area contributed by atoms with Crippen molar-refractivity contribution < 1.29 is 28.4 Å². The summed E-state index contributed by atoms with van der Waals surface area (Å²) in [6, 6.07) is -0.609. The number of amides is 1. The van der Waals surface area contributed by atoms with Crippen molar-refractivity contribution >= 4 is 19.2 Å². The molecule has 0 saturated carbocycles. The maximum absolute atomic E-state index is 12.9. The zero-order valence-electron chi connectivity index (χ0n) is 21.7. The number of likely N-dealkylation sites (N-methyl/N-ethyl adjacent to an activating group) is 1. The molecule has 0 aliphatic carbocycles. The quantitative estimate of drug-likeness (QED) is 0.331. The van der Waals surface area contributed by atoms with Crippen LogP contribution in [-0.4, -0.2) is 85.6 Å². The molecule has 0 spiro atoms.